The number of nitrogens with one attached hydrogen (secondary N) is 1. The van der Waals surface area contributed by atoms with E-state index in [1.54, 1.807) is 0 Å². The standard InChI is InChI=1S/C18H21NO/c20-18(17-7-4-12-19-13-17)16-10-8-15(9-11-16)14-5-2-1-3-6-14/h1-3,5-6,8-11,17-20H,4,7,12-13H2. The molecule has 1 saturated heterocycles. The van der Waals surface area contributed by atoms with Crippen molar-refractivity contribution in [1.29, 1.82) is 0 Å². The molecule has 2 unspecified atom stereocenters. The molecule has 0 aliphatic carbocycles. The van der Waals surface area contributed by atoms with Crippen LogP contribution in [0.1, 0.15) is 24.5 Å². The highest BCUT2D eigenvalue weighted by atomic mass is 16.3. The van der Waals surface area contributed by atoms with Crippen LogP contribution in [0.25, 0.3) is 11.1 Å². The zero-order chi connectivity index (χ0) is 13.8. The molecule has 1 aliphatic heterocycles. The van der Waals surface area contributed by atoms with Gasteiger partial charge in [-0.25, -0.2) is 0 Å². The Labute approximate surface area is 120 Å². The van der Waals surface area contributed by atoms with E-state index in [9.17, 15) is 5.11 Å². The fraction of sp³-hybridized carbons (Fsp3) is 0.333. The third-order valence-corrected chi connectivity index (χ3v) is 4.14. The summed E-state index contributed by atoms with van der Waals surface area (Å²) in [4.78, 5) is 0. The summed E-state index contributed by atoms with van der Waals surface area (Å²) >= 11 is 0. The van der Waals surface area contributed by atoms with E-state index in [0.717, 1.165) is 31.5 Å². The SMILES string of the molecule is OC(c1ccc(-c2ccccc2)cc1)C1CCCNC1. The molecule has 0 aromatic heterocycles. The number of hydrogen-bond acceptors (Lipinski definition) is 2. The number of piperidine rings is 1. The number of aliphatic hydroxyl groups is 1. The van der Waals surface area contributed by atoms with E-state index in [0.29, 0.717) is 5.92 Å². The van der Waals surface area contributed by atoms with E-state index < -0.39 is 0 Å². The van der Waals surface area contributed by atoms with Gasteiger partial charge in [0.25, 0.3) is 0 Å². The molecule has 1 heterocycles. The van der Waals surface area contributed by atoms with Crippen molar-refractivity contribution in [2.75, 3.05) is 13.1 Å². The zero-order valence-electron chi connectivity index (χ0n) is 11.6. The average molecular weight is 267 g/mol. The summed E-state index contributed by atoms with van der Waals surface area (Å²) in [7, 11) is 0. The first-order chi connectivity index (χ1) is 9.84. The second-order valence-corrected chi connectivity index (χ2v) is 5.54. The van der Waals surface area contributed by atoms with Crippen LogP contribution in [-0.2, 0) is 0 Å². The van der Waals surface area contributed by atoms with E-state index in [-0.39, 0.29) is 6.10 Å². The van der Waals surface area contributed by atoms with Crippen molar-refractivity contribution in [2.24, 2.45) is 5.92 Å². The maximum atomic E-state index is 10.5. The van der Waals surface area contributed by atoms with E-state index in [1.165, 1.54) is 11.1 Å². The van der Waals surface area contributed by atoms with Crippen LogP contribution in [0, 0.1) is 5.92 Å². The fourth-order valence-electron chi connectivity index (χ4n) is 2.92. The molecular formula is C18H21NO. The Hall–Kier alpha value is -1.64. The van der Waals surface area contributed by atoms with Gasteiger partial charge < -0.3 is 10.4 Å². The first kappa shape index (κ1) is 13.3. The van der Waals surface area contributed by atoms with E-state index in [1.807, 2.05) is 18.2 Å². The second-order valence-electron chi connectivity index (χ2n) is 5.54. The lowest BCUT2D eigenvalue weighted by Gasteiger charge is -2.27. The topological polar surface area (TPSA) is 32.3 Å². The van der Waals surface area contributed by atoms with Crippen LogP contribution in [-0.4, -0.2) is 18.2 Å². The number of benzene rings is 2. The molecule has 2 N–H and O–H groups in total. The van der Waals surface area contributed by atoms with Gasteiger partial charge in [-0.2, -0.15) is 0 Å². The summed E-state index contributed by atoms with van der Waals surface area (Å²) < 4.78 is 0. The Morgan fingerprint density at radius 2 is 1.65 bits per heavy atom. The molecule has 0 spiro atoms. The molecule has 1 aliphatic rings. The Kier molecular flexibility index (Phi) is 4.14. The summed E-state index contributed by atoms with van der Waals surface area (Å²) in [6.07, 6.45) is 1.91. The van der Waals surface area contributed by atoms with Gasteiger partial charge in [0, 0.05) is 12.5 Å². The van der Waals surface area contributed by atoms with Crippen LogP contribution >= 0.6 is 0 Å². The number of aliphatic hydroxyl groups excluding tert-OH is 1. The lowest BCUT2D eigenvalue weighted by Crippen LogP contribution is -2.33. The van der Waals surface area contributed by atoms with Crippen LogP contribution in [0.2, 0.25) is 0 Å². The Morgan fingerprint density at radius 1 is 0.950 bits per heavy atom. The van der Waals surface area contributed by atoms with E-state index in [4.69, 9.17) is 0 Å². The van der Waals surface area contributed by atoms with Gasteiger partial charge in [0.05, 0.1) is 6.10 Å². The predicted octanol–water partition coefficient (Wildman–Crippen LogP) is 3.39. The Morgan fingerprint density at radius 3 is 2.30 bits per heavy atom. The first-order valence-corrected chi connectivity index (χ1v) is 7.39. The number of hydrogen-bond donors (Lipinski definition) is 2. The Bertz CT molecular complexity index is 529. The van der Waals surface area contributed by atoms with Crippen molar-refractivity contribution in [3.63, 3.8) is 0 Å². The first-order valence-electron chi connectivity index (χ1n) is 7.39. The molecule has 0 amide bonds. The minimum atomic E-state index is -0.354. The molecule has 3 rings (SSSR count). The van der Waals surface area contributed by atoms with Crippen molar-refractivity contribution >= 4 is 0 Å². The molecule has 2 aromatic rings. The molecule has 0 saturated carbocycles. The van der Waals surface area contributed by atoms with Crippen molar-refractivity contribution < 1.29 is 5.11 Å². The van der Waals surface area contributed by atoms with Crippen LogP contribution in [0.15, 0.2) is 54.6 Å². The molecule has 2 heteroatoms. The van der Waals surface area contributed by atoms with Gasteiger partial charge in [-0.05, 0) is 36.1 Å². The fourth-order valence-corrected chi connectivity index (χ4v) is 2.92. The summed E-state index contributed by atoms with van der Waals surface area (Å²) in [5, 5.41) is 13.8. The van der Waals surface area contributed by atoms with Gasteiger partial charge in [0.15, 0.2) is 0 Å². The number of rotatable bonds is 3. The molecule has 1 fully saturated rings. The van der Waals surface area contributed by atoms with Gasteiger partial charge in [-0.1, -0.05) is 54.6 Å². The molecule has 2 nitrogen and oxygen atoms in total. The van der Waals surface area contributed by atoms with Gasteiger partial charge in [-0.3, -0.25) is 0 Å². The molecule has 2 atom stereocenters. The highest BCUT2D eigenvalue weighted by Crippen LogP contribution is 2.28. The van der Waals surface area contributed by atoms with E-state index >= 15 is 0 Å². The van der Waals surface area contributed by atoms with Crippen LogP contribution < -0.4 is 5.32 Å². The third-order valence-electron chi connectivity index (χ3n) is 4.14. The molecule has 104 valence electrons. The largest absolute Gasteiger partial charge is 0.388 e. The zero-order valence-corrected chi connectivity index (χ0v) is 11.6. The smallest absolute Gasteiger partial charge is 0.0830 e. The third kappa shape index (κ3) is 2.92. The average Bonchev–Trinajstić information content (AvgIpc) is 2.56. The summed E-state index contributed by atoms with van der Waals surface area (Å²) in [6, 6.07) is 18.7. The van der Waals surface area contributed by atoms with Gasteiger partial charge >= 0.3 is 0 Å². The molecule has 20 heavy (non-hydrogen) atoms. The van der Waals surface area contributed by atoms with Gasteiger partial charge in [0.2, 0.25) is 0 Å². The summed E-state index contributed by atoms with van der Waals surface area (Å²) in [6.45, 7) is 2.00. The molecule has 0 radical (unpaired) electrons. The minimum absolute atomic E-state index is 0.339. The van der Waals surface area contributed by atoms with Crippen molar-refractivity contribution in [2.45, 2.75) is 18.9 Å². The lowest BCUT2D eigenvalue weighted by atomic mass is 9.89. The van der Waals surface area contributed by atoms with Crippen molar-refractivity contribution in [1.82, 2.24) is 5.32 Å². The van der Waals surface area contributed by atoms with Crippen LogP contribution in [0.3, 0.4) is 0 Å². The lowest BCUT2D eigenvalue weighted by molar-refractivity contribution is 0.0922. The highest BCUT2D eigenvalue weighted by molar-refractivity contribution is 5.63. The summed E-state index contributed by atoms with van der Waals surface area (Å²) in [5.41, 5.74) is 3.44. The molecular weight excluding hydrogens is 246 g/mol. The minimum Gasteiger partial charge on any atom is -0.388 e. The van der Waals surface area contributed by atoms with Gasteiger partial charge in [-0.15, -0.1) is 0 Å². The highest BCUT2D eigenvalue weighted by Gasteiger charge is 2.22. The quantitative estimate of drug-likeness (QED) is 0.893. The second kappa shape index (κ2) is 6.21. The van der Waals surface area contributed by atoms with Gasteiger partial charge in [0.1, 0.15) is 0 Å². The monoisotopic (exact) mass is 267 g/mol. The van der Waals surface area contributed by atoms with E-state index in [2.05, 4.69) is 41.7 Å². The van der Waals surface area contributed by atoms with Crippen LogP contribution in [0.4, 0.5) is 0 Å². The Balaban J connectivity index is 1.75. The summed E-state index contributed by atoms with van der Waals surface area (Å²) in [5.74, 6) is 0.339. The van der Waals surface area contributed by atoms with Crippen molar-refractivity contribution in [3.05, 3.63) is 60.2 Å². The predicted molar refractivity (Wildman–Crippen MR) is 82.4 cm³/mol. The normalized spacial score (nSPS) is 20.6. The van der Waals surface area contributed by atoms with Crippen LogP contribution in [0.5, 0.6) is 0 Å². The maximum Gasteiger partial charge on any atom is 0.0830 e. The molecule has 0 bridgehead atoms. The maximum absolute atomic E-state index is 10.5. The molecule has 2 aromatic carbocycles. The van der Waals surface area contributed by atoms with Crippen molar-refractivity contribution in [3.8, 4) is 11.1 Å².